The molecule has 0 aliphatic heterocycles. The molecular formula is C26H18N4O2. The topological polar surface area (TPSA) is 60.9 Å². The smallest absolute Gasteiger partial charge is 0.163 e. The molecule has 0 spiro atoms. The fourth-order valence-corrected chi connectivity index (χ4v) is 4.25. The molecule has 0 saturated carbocycles. The minimum Gasteiger partial charge on any atom is -0.497 e. The van der Waals surface area contributed by atoms with Crippen LogP contribution >= 0.6 is 0 Å². The van der Waals surface area contributed by atoms with E-state index in [0.717, 1.165) is 56.9 Å². The Morgan fingerprint density at radius 1 is 0.750 bits per heavy atom. The SMILES string of the molecule is COc1ccc(-c2cnc3c4cnc(-c5ccc(C=O)cc5)n4c4ccccc4n23)cc1. The maximum absolute atomic E-state index is 11.1. The van der Waals surface area contributed by atoms with E-state index >= 15 is 0 Å². The van der Waals surface area contributed by atoms with Gasteiger partial charge in [0.15, 0.2) is 5.65 Å². The summed E-state index contributed by atoms with van der Waals surface area (Å²) in [6, 6.07) is 23.7. The van der Waals surface area contributed by atoms with Crippen LogP contribution in [0.25, 0.3) is 44.8 Å². The molecule has 0 aliphatic carbocycles. The van der Waals surface area contributed by atoms with Crippen LogP contribution in [0.1, 0.15) is 10.4 Å². The van der Waals surface area contributed by atoms with Crippen LogP contribution in [0.15, 0.2) is 85.2 Å². The Kier molecular flexibility index (Phi) is 4.04. The van der Waals surface area contributed by atoms with Crippen LogP contribution < -0.4 is 4.74 Å². The van der Waals surface area contributed by atoms with E-state index in [-0.39, 0.29) is 0 Å². The number of aromatic nitrogens is 4. The second-order valence-electron chi connectivity index (χ2n) is 7.56. The Hall–Kier alpha value is -4.45. The molecule has 0 unspecified atom stereocenters. The summed E-state index contributed by atoms with van der Waals surface area (Å²) in [6.07, 6.45) is 4.60. The van der Waals surface area contributed by atoms with Gasteiger partial charge in [-0.1, -0.05) is 36.4 Å². The number of aldehydes is 1. The number of fused-ring (bicyclic) bond motifs is 6. The van der Waals surface area contributed by atoms with E-state index in [1.165, 1.54) is 0 Å². The number of methoxy groups -OCH3 is 1. The van der Waals surface area contributed by atoms with Gasteiger partial charge in [0.2, 0.25) is 0 Å². The van der Waals surface area contributed by atoms with Crippen molar-refractivity contribution in [3.8, 4) is 28.4 Å². The number of para-hydroxylation sites is 2. The number of benzene rings is 3. The molecule has 6 heteroatoms. The van der Waals surface area contributed by atoms with Crippen LogP contribution in [0.2, 0.25) is 0 Å². The highest BCUT2D eigenvalue weighted by atomic mass is 16.5. The molecule has 0 bridgehead atoms. The van der Waals surface area contributed by atoms with E-state index < -0.39 is 0 Å². The molecule has 0 fully saturated rings. The molecule has 3 aromatic carbocycles. The third-order valence-electron chi connectivity index (χ3n) is 5.81. The van der Waals surface area contributed by atoms with E-state index in [0.29, 0.717) is 5.56 Å². The quantitative estimate of drug-likeness (QED) is 0.365. The zero-order chi connectivity index (χ0) is 21.7. The molecule has 6 rings (SSSR count). The molecule has 0 atom stereocenters. The molecule has 154 valence electrons. The predicted octanol–water partition coefficient (Wildman–Crippen LogP) is 5.29. The second-order valence-corrected chi connectivity index (χ2v) is 7.56. The molecule has 0 saturated heterocycles. The molecule has 0 N–H and O–H groups in total. The van der Waals surface area contributed by atoms with E-state index in [9.17, 15) is 4.79 Å². The lowest BCUT2D eigenvalue weighted by Gasteiger charge is -2.12. The third kappa shape index (κ3) is 2.63. The summed E-state index contributed by atoms with van der Waals surface area (Å²) < 4.78 is 9.61. The van der Waals surface area contributed by atoms with Crippen molar-refractivity contribution in [3.05, 3.63) is 90.8 Å². The normalized spacial score (nSPS) is 11.4. The van der Waals surface area contributed by atoms with Gasteiger partial charge in [-0.3, -0.25) is 13.6 Å². The molecule has 6 aromatic rings. The number of imidazole rings is 2. The zero-order valence-electron chi connectivity index (χ0n) is 17.3. The average molecular weight is 418 g/mol. The van der Waals surface area contributed by atoms with Crippen molar-refractivity contribution in [3.63, 3.8) is 0 Å². The van der Waals surface area contributed by atoms with Crippen molar-refractivity contribution in [2.45, 2.75) is 0 Å². The second kappa shape index (κ2) is 7.06. The maximum atomic E-state index is 11.1. The van der Waals surface area contributed by atoms with Crippen LogP contribution in [-0.2, 0) is 0 Å². The molecule has 0 amide bonds. The summed E-state index contributed by atoms with van der Waals surface area (Å²) in [5, 5.41) is 0. The number of hydrogen-bond acceptors (Lipinski definition) is 4. The third-order valence-corrected chi connectivity index (χ3v) is 5.81. The van der Waals surface area contributed by atoms with Crippen LogP contribution in [0.5, 0.6) is 5.75 Å². The highest BCUT2D eigenvalue weighted by Crippen LogP contribution is 2.32. The molecular weight excluding hydrogens is 400 g/mol. The summed E-state index contributed by atoms with van der Waals surface area (Å²) in [5.74, 6) is 1.63. The molecule has 32 heavy (non-hydrogen) atoms. The minimum absolute atomic E-state index is 0.638. The molecule has 6 nitrogen and oxygen atoms in total. The first kappa shape index (κ1) is 18.3. The van der Waals surface area contributed by atoms with Crippen molar-refractivity contribution in [2.75, 3.05) is 7.11 Å². The first-order chi connectivity index (χ1) is 15.8. The van der Waals surface area contributed by atoms with Gasteiger partial charge >= 0.3 is 0 Å². The molecule has 0 aliphatic rings. The minimum atomic E-state index is 0.638. The zero-order valence-corrected chi connectivity index (χ0v) is 17.3. The lowest BCUT2D eigenvalue weighted by Crippen LogP contribution is -1.99. The van der Waals surface area contributed by atoms with Crippen molar-refractivity contribution in [1.82, 2.24) is 18.8 Å². The van der Waals surface area contributed by atoms with Gasteiger partial charge < -0.3 is 4.74 Å². The number of hydrogen-bond donors (Lipinski definition) is 0. The van der Waals surface area contributed by atoms with Gasteiger partial charge in [0, 0.05) is 16.7 Å². The van der Waals surface area contributed by atoms with Crippen LogP contribution in [-0.4, -0.2) is 32.2 Å². The summed E-state index contributed by atoms with van der Waals surface area (Å²) >= 11 is 0. The van der Waals surface area contributed by atoms with Crippen LogP contribution in [0, 0.1) is 0 Å². The number of carbonyl (C=O) groups is 1. The van der Waals surface area contributed by atoms with E-state index in [4.69, 9.17) is 14.7 Å². The maximum Gasteiger partial charge on any atom is 0.163 e. The Morgan fingerprint density at radius 3 is 2.12 bits per heavy atom. The standard InChI is InChI=1S/C26H18N4O2/c1-32-20-12-10-18(11-13-20)23-14-28-26-24-15-27-25(19-8-6-17(16-31)7-9-19)30(24)22-5-3-2-4-21(22)29(23)26/h2-16H,1H3. The van der Waals surface area contributed by atoms with Crippen molar-refractivity contribution in [2.24, 2.45) is 0 Å². The highest BCUT2D eigenvalue weighted by molar-refractivity contribution is 5.92. The van der Waals surface area contributed by atoms with E-state index in [1.807, 2.05) is 60.9 Å². The first-order valence-corrected chi connectivity index (χ1v) is 10.2. The summed E-state index contributed by atoms with van der Waals surface area (Å²) in [7, 11) is 1.66. The Labute approximate surface area is 183 Å². The Morgan fingerprint density at radius 2 is 1.44 bits per heavy atom. The molecule has 3 aromatic heterocycles. The summed E-state index contributed by atoms with van der Waals surface area (Å²) in [4.78, 5) is 20.6. The predicted molar refractivity (Wildman–Crippen MR) is 124 cm³/mol. The lowest BCUT2D eigenvalue weighted by molar-refractivity contribution is 0.112. The highest BCUT2D eigenvalue weighted by Gasteiger charge is 2.18. The first-order valence-electron chi connectivity index (χ1n) is 10.2. The lowest BCUT2D eigenvalue weighted by atomic mass is 10.1. The van der Waals surface area contributed by atoms with E-state index in [1.54, 1.807) is 19.2 Å². The van der Waals surface area contributed by atoms with Gasteiger partial charge in [-0.05, 0) is 36.4 Å². The summed E-state index contributed by atoms with van der Waals surface area (Å²) in [5.41, 5.74) is 7.43. The fraction of sp³-hybridized carbons (Fsp3) is 0.0385. The monoisotopic (exact) mass is 418 g/mol. The van der Waals surface area contributed by atoms with Crippen LogP contribution in [0.3, 0.4) is 0 Å². The number of rotatable bonds is 4. The van der Waals surface area contributed by atoms with Gasteiger partial charge in [0.1, 0.15) is 23.4 Å². The largest absolute Gasteiger partial charge is 0.497 e. The summed E-state index contributed by atoms with van der Waals surface area (Å²) in [6.45, 7) is 0. The molecule has 0 radical (unpaired) electrons. The fourth-order valence-electron chi connectivity index (χ4n) is 4.25. The average Bonchev–Trinajstić information content (AvgIpc) is 3.49. The Bertz CT molecular complexity index is 1610. The number of ether oxygens (including phenoxy) is 1. The van der Waals surface area contributed by atoms with Gasteiger partial charge in [0.05, 0.1) is 36.2 Å². The van der Waals surface area contributed by atoms with Crippen molar-refractivity contribution < 1.29 is 9.53 Å². The number of carbonyl (C=O) groups excluding carboxylic acids is 1. The van der Waals surface area contributed by atoms with Gasteiger partial charge in [0.25, 0.3) is 0 Å². The Balaban J connectivity index is 1.67. The number of nitrogens with zero attached hydrogens (tertiary/aromatic N) is 4. The van der Waals surface area contributed by atoms with Crippen LogP contribution in [0.4, 0.5) is 0 Å². The van der Waals surface area contributed by atoms with Gasteiger partial charge in [-0.2, -0.15) is 0 Å². The molecule has 3 heterocycles. The van der Waals surface area contributed by atoms with Gasteiger partial charge in [-0.25, -0.2) is 9.97 Å². The van der Waals surface area contributed by atoms with Gasteiger partial charge in [-0.15, -0.1) is 0 Å². The van der Waals surface area contributed by atoms with E-state index in [2.05, 4.69) is 20.9 Å². The van der Waals surface area contributed by atoms with Crippen molar-refractivity contribution in [1.29, 1.82) is 0 Å². The van der Waals surface area contributed by atoms with Crippen molar-refractivity contribution >= 4 is 28.5 Å².